The number of hydrogen-bond donors (Lipinski definition) is 1. The van der Waals surface area contributed by atoms with Crippen LogP contribution in [0.25, 0.3) is 11.8 Å². The molecular formula is C26H29FN4O2S. The minimum Gasteiger partial charge on any atom is -0.497 e. The maximum Gasteiger partial charge on any atom is 0.244 e. The van der Waals surface area contributed by atoms with Gasteiger partial charge in [0.15, 0.2) is 11.0 Å². The van der Waals surface area contributed by atoms with Crippen LogP contribution in [-0.2, 0) is 11.3 Å². The largest absolute Gasteiger partial charge is 0.497 e. The van der Waals surface area contributed by atoms with Crippen molar-refractivity contribution in [2.24, 2.45) is 5.92 Å². The van der Waals surface area contributed by atoms with E-state index in [4.69, 9.17) is 4.74 Å². The lowest BCUT2D eigenvalue weighted by atomic mass is 9.91. The van der Waals surface area contributed by atoms with E-state index >= 15 is 0 Å². The number of nitrogens with zero attached hydrogens (tertiary/aromatic N) is 3. The van der Waals surface area contributed by atoms with Crippen molar-refractivity contribution in [3.63, 3.8) is 0 Å². The Bertz CT molecular complexity index is 1110. The number of hydrogen-bond acceptors (Lipinski definition) is 5. The van der Waals surface area contributed by atoms with Crippen molar-refractivity contribution in [3.8, 4) is 11.4 Å². The molecule has 1 aromatic heterocycles. The summed E-state index contributed by atoms with van der Waals surface area (Å²) in [5.41, 5.74) is 1.67. The van der Waals surface area contributed by atoms with Gasteiger partial charge in [-0.15, -0.1) is 10.2 Å². The fraction of sp³-hybridized carbons (Fsp3) is 0.346. The SMILES string of the molecule is COc1ccc(C=CC(=O)NCc2nnc(SCC3CCCCC3)n2-c2ccc(F)cc2)cc1. The van der Waals surface area contributed by atoms with Gasteiger partial charge in [0.1, 0.15) is 11.6 Å². The fourth-order valence-corrected chi connectivity index (χ4v) is 5.17. The molecule has 4 rings (SSSR count). The lowest BCUT2D eigenvalue weighted by Gasteiger charge is -2.20. The van der Waals surface area contributed by atoms with E-state index in [1.807, 2.05) is 28.8 Å². The number of amides is 1. The minimum absolute atomic E-state index is 0.208. The van der Waals surface area contributed by atoms with Crippen molar-refractivity contribution >= 4 is 23.7 Å². The van der Waals surface area contributed by atoms with Crippen LogP contribution >= 0.6 is 11.8 Å². The van der Waals surface area contributed by atoms with Crippen LogP contribution in [0, 0.1) is 11.7 Å². The quantitative estimate of drug-likeness (QED) is 0.327. The molecule has 178 valence electrons. The molecule has 1 fully saturated rings. The summed E-state index contributed by atoms with van der Waals surface area (Å²) >= 11 is 1.68. The van der Waals surface area contributed by atoms with Gasteiger partial charge >= 0.3 is 0 Å². The van der Waals surface area contributed by atoms with Gasteiger partial charge in [0, 0.05) is 17.5 Å². The van der Waals surface area contributed by atoms with Crippen LogP contribution in [0.1, 0.15) is 43.5 Å². The summed E-state index contributed by atoms with van der Waals surface area (Å²) in [6, 6.07) is 13.7. The van der Waals surface area contributed by atoms with Gasteiger partial charge in [-0.3, -0.25) is 9.36 Å². The Balaban J connectivity index is 1.44. The third-order valence-corrected chi connectivity index (χ3v) is 7.08. The molecule has 0 aliphatic heterocycles. The molecule has 34 heavy (non-hydrogen) atoms. The second-order valence-corrected chi connectivity index (χ2v) is 9.34. The number of halogens is 1. The van der Waals surface area contributed by atoms with E-state index in [1.54, 1.807) is 37.1 Å². The average molecular weight is 481 g/mol. The number of nitrogens with one attached hydrogen (secondary N) is 1. The lowest BCUT2D eigenvalue weighted by molar-refractivity contribution is -0.116. The predicted octanol–water partition coefficient (Wildman–Crippen LogP) is 5.42. The monoisotopic (exact) mass is 480 g/mol. The Morgan fingerprint density at radius 2 is 1.85 bits per heavy atom. The molecular weight excluding hydrogens is 451 g/mol. The van der Waals surface area contributed by atoms with Gasteiger partial charge in [0.2, 0.25) is 5.91 Å². The van der Waals surface area contributed by atoms with E-state index in [9.17, 15) is 9.18 Å². The first-order valence-corrected chi connectivity index (χ1v) is 12.5. The Morgan fingerprint density at radius 3 is 2.56 bits per heavy atom. The van der Waals surface area contributed by atoms with E-state index < -0.39 is 0 Å². The number of aromatic nitrogens is 3. The predicted molar refractivity (Wildman–Crippen MR) is 132 cm³/mol. The number of methoxy groups -OCH3 is 1. The summed E-state index contributed by atoms with van der Waals surface area (Å²) in [7, 11) is 1.61. The number of thioether (sulfide) groups is 1. The van der Waals surface area contributed by atoms with Crippen LogP contribution in [0.2, 0.25) is 0 Å². The molecule has 2 aromatic carbocycles. The zero-order chi connectivity index (χ0) is 23.8. The van der Waals surface area contributed by atoms with Crippen LogP contribution in [0.5, 0.6) is 5.75 Å². The topological polar surface area (TPSA) is 69.0 Å². The third kappa shape index (κ3) is 6.47. The molecule has 1 N–H and O–H groups in total. The van der Waals surface area contributed by atoms with Crippen molar-refractivity contribution in [1.29, 1.82) is 0 Å². The summed E-state index contributed by atoms with van der Waals surface area (Å²) in [4.78, 5) is 12.4. The minimum atomic E-state index is -0.299. The molecule has 0 unspecified atom stereocenters. The normalized spacial score (nSPS) is 14.4. The maximum atomic E-state index is 13.5. The first-order chi connectivity index (χ1) is 16.6. The average Bonchev–Trinajstić information content (AvgIpc) is 3.29. The zero-order valence-electron chi connectivity index (χ0n) is 19.2. The van der Waals surface area contributed by atoms with Crippen molar-refractivity contribution in [3.05, 3.63) is 71.8 Å². The second-order valence-electron chi connectivity index (χ2n) is 8.35. The molecule has 6 nitrogen and oxygen atoms in total. The van der Waals surface area contributed by atoms with Gasteiger partial charge in [-0.1, -0.05) is 43.2 Å². The summed E-state index contributed by atoms with van der Waals surface area (Å²) in [5, 5.41) is 12.4. The molecule has 3 aromatic rings. The first-order valence-electron chi connectivity index (χ1n) is 11.6. The number of rotatable bonds is 9. The molecule has 0 saturated heterocycles. The van der Waals surface area contributed by atoms with E-state index in [0.717, 1.165) is 27.9 Å². The summed E-state index contributed by atoms with van der Waals surface area (Å²) in [6.45, 7) is 0.208. The van der Waals surface area contributed by atoms with Gasteiger partial charge in [-0.2, -0.15) is 0 Å². The second kappa shape index (κ2) is 11.8. The smallest absolute Gasteiger partial charge is 0.244 e. The summed E-state index contributed by atoms with van der Waals surface area (Å²) < 4.78 is 20.6. The Morgan fingerprint density at radius 1 is 1.12 bits per heavy atom. The van der Waals surface area contributed by atoms with Crippen LogP contribution in [0.4, 0.5) is 4.39 Å². The van der Waals surface area contributed by atoms with Crippen molar-refractivity contribution < 1.29 is 13.9 Å². The fourth-order valence-electron chi connectivity index (χ4n) is 4.02. The highest BCUT2D eigenvalue weighted by Gasteiger charge is 2.19. The van der Waals surface area contributed by atoms with Crippen LogP contribution in [0.3, 0.4) is 0 Å². The van der Waals surface area contributed by atoms with Crippen molar-refractivity contribution in [1.82, 2.24) is 20.1 Å². The molecule has 1 amide bonds. The van der Waals surface area contributed by atoms with Crippen molar-refractivity contribution in [2.45, 2.75) is 43.8 Å². The van der Waals surface area contributed by atoms with Gasteiger partial charge in [0.25, 0.3) is 0 Å². The molecule has 0 radical (unpaired) electrons. The highest BCUT2D eigenvalue weighted by atomic mass is 32.2. The summed E-state index contributed by atoms with van der Waals surface area (Å²) in [5.74, 6) is 2.50. The highest BCUT2D eigenvalue weighted by molar-refractivity contribution is 7.99. The van der Waals surface area contributed by atoms with Gasteiger partial charge in [-0.05, 0) is 66.8 Å². The number of carbonyl (C=O) groups is 1. The van der Waals surface area contributed by atoms with Crippen molar-refractivity contribution in [2.75, 3.05) is 12.9 Å². The first kappa shape index (κ1) is 24.0. The Labute approximate surface area is 203 Å². The molecule has 8 heteroatoms. The van der Waals surface area contributed by atoms with Crippen LogP contribution < -0.4 is 10.1 Å². The van der Waals surface area contributed by atoms with E-state index in [0.29, 0.717) is 11.7 Å². The lowest BCUT2D eigenvalue weighted by Crippen LogP contribution is -2.22. The molecule has 1 aliphatic rings. The third-order valence-electron chi connectivity index (χ3n) is 5.92. The van der Waals surface area contributed by atoms with Gasteiger partial charge in [-0.25, -0.2) is 4.39 Å². The Hall–Kier alpha value is -3.13. The maximum absolute atomic E-state index is 13.5. The molecule has 0 spiro atoms. The highest BCUT2D eigenvalue weighted by Crippen LogP contribution is 2.30. The van der Waals surface area contributed by atoms with E-state index in [2.05, 4.69) is 15.5 Å². The Kier molecular flexibility index (Phi) is 8.36. The zero-order valence-corrected chi connectivity index (χ0v) is 20.1. The number of carbonyl (C=O) groups excluding carboxylic acids is 1. The number of ether oxygens (including phenoxy) is 1. The van der Waals surface area contributed by atoms with E-state index in [-0.39, 0.29) is 18.3 Å². The molecule has 0 atom stereocenters. The van der Waals surface area contributed by atoms with Crippen LogP contribution in [0.15, 0.2) is 59.8 Å². The van der Waals surface area contributed by atoms with Crippen LogP contribution in [-0.4, -0.2) is 33.5 Å². The number of benzene rings is 2. The molecule has 0 bridgehead atoms. The molecule has 1 heterocycles. The van der Waals surface area contributed by atoms with Gasteiger partial charge < -0.3 is 10.1 Å². The standard InChI is InChI=1S/C26H29FN4O2S/c1-33-23-14-7-19(8-15-23)9-16-25(32)28-17-24-29-30-26(34-18-20-5-3-2-4-6-20)31(24)22-12-10-21(27)11-13-22/h7-16,20H,2-6,17-18H2,1H3,(H,28,32). The summed E-state index contributed by atoms with van der Waals surface area (Å²) in [6.07, 6.45) is 9.63. The van der Waals surface area contributed by atoms with Gasteiger partial charge in [0.05, 0.1) is 13.7 Å². The molecule has 1 saturated carbocycles. The molecule has 1 aliphatic carbocycles. The van der Waals surface area contributed by atoms with E-state index in [1.165, 1.54) is 50.3 Å².